The number of allylic oxidation sites excluding steroid dienone is 2. The van der Waals surface area contributed by atoms with E-state index in [1.165, 1.54) is 11.3 Å². The maximum absolute atomic E-state index is 17.4. The average Bonchev–Trinajstić information content (AvgIpc) is 3.43. The summed E-state index contributed by atoms with van der Waals surface area (Å²) < 4.78 is 17.4. The molecule has 0 bridgehead atoms. The van der Waals surface area contributed by atoms with Crippen molar-refractivity contribution < 1.29 is 19.7 Å². The number of aliphatic hydroxyl groups excluding tert-OH is 2. The molecule has 7 heteroatoms. The highest BCUT2D eigenvalue weighted by Crippen LogP contribution is 2.72. The summed E-state index contributed by atoms with van der Waals surface area (Å²) in [6.07, 6.45) is 5.35. The molecule has 0 saturated heterocycles. The van der Waals surface area contributed by atoms with Gasteiger partial charge in [-0.15, -0.1) is 11.3 Å². The molecule has 0 amide bonds. The molecule has 198 valence electrons. The number of hydrogen-bond acceptors (Lipinski definition) is 6. The number of alkyl halides is 1. The van der Waals surface area contributed by atoms with Crippen LogP contribution in [0.25, 0.3) is 0 Å². The lowest BCUT2D eigenvalue weighted by molar-refractivity contribution is -0.223. The molecule has 37 heavy (non-hydrogen) atoms. The fourth-order valence-electron chi connectivity index (χ4n) is 8.51. The van der Waals surface area contributed by atoms with E-state index >= 15 is 4.39 Å². The van der Waals surface area contributed by atoms with Crippen molar-refractivity contribution in [3.8, 4) is 0 Å². The van der Waals surface area contributed by atoms with Gasteiger partial charge in [0.15, 0.2) is 10.8 Å². The fourth-order valence-corrected chi connectivity index (χ4v) is 9.28. The van der Waals surface area contributed by atoms with Crippen LogP contribution in [0.2, 0.25) is 0 Å². The lowest BCUT2D eigenvalue weighted by atomic mass is 9.44. The minimum Gasteiger partial charge on any atom is -0.390 e. The van der Waals surface area contributed by atoms with Crippen molar-refractivity contribution in [1.82, 2.24) is 4.98 Å². The lowest BCUT2D eigenvalue weighted by Crippen LogP contribution is -2.68. The van der Waals surface area contributed by atoms with Crippen molar-refractivity contribution in [1.29, 1.82) is 0 Å². The highest BCUT2D eigenvalue weighted by molar-refractivity contribution is 7.13. The van der Waals surface area contributed by atoms with Crippen molar-refractivity contribution in [3.05, 3.63) is 70.8 Å². The van der Waals surface area contributed by atoms with Gasteiger partial charge in [0.25, 0.3) is 0 Å². The van der Waals surface area contributed by atoms with Gasteiger partial charge in [-0.1, -0.05) is 68.0 Å². The molecule has 1 aromatic heterocycles. The zero-order valence-corrected chi connectivity index (χ0v) is 22.5. The van der Waals surface area contributed by atoms with Gasteiger partial charge in [0.05, 0.1) is 17.9 Å². The van der Waals surface area contributed by atoms with Gasteiger partial charge in [0, 0.05) is 28.7 Å². The van der Waals surface area contributed by atoms with E-state index in [0.717, 1.165) is 16.3 Å². The number of benzene rings is 1. The molecule has 0 radical (unpaired) electrons. The van der Waals surface area contributed by atoms with Crippen LogP contribution in [-0.4, -0.2) is 38.2 Å². The quantitative estimate of drug-likeness (QED) is 0.405. The molecule has 4 aliphatic rings. The summed E-state index contributed by atoms with van der Waals surface area (Å²) in [7, 11) is 0. The van der Waals surface area contributed by atoms with Gasteiger partial charge >= 0.3 is 0 Å². The Labute approximate surface area is 222 Å². The van der Waals surface area contributed by atoms with E-state index in [4.69, 9.17) is 4.98 Å². The van der Waals surface area contributed by atoms with Crippen LogP contribution in [0.5, 0.6) is 0 Å². The van der Waals surface area contributed by atoms with E-state index in [0.29, 0.717) is 31.5 Å². The van der Waals surface area contributed by atoms with Crippen molar-refractivity contribution in [2.24, 2.45) is 28.6 Å². The van der Waals surface area contributed by atoms with E-state index in [-0.39, 0.29) is 18.3 Å². The van der Waals surface area contributed by atoms with Crippen molar-refractivity contribution in [2.45, 2.75) is 76.5 Å². The molecule has 3 fully saturated rings. The van der Waals surface area contributed by atoms with Gasteiger partial charge in [-0.3, -0.25) is 0 Å². The van der Waals surface area contributed by atoms with Gasteiger partial charge < -0.3 is 20.6 Å². The molecule has 0 aliphatic heterocycles. The second-order valence-corrected chi connectivity index (χ2v) is 13.0. The van der Waals surface area contributed by atoms with Crippen LogP contribution >= 0.6 is 11.3 Å². The van der Waals surface area contributed by atoms with Crippen LogP contribution in [0.15, 0.2) is 59.5 Å². The molecule has 5 nitrogen and oxygen atoms in total. The number of rotatable bonds is 4. The summed E-state index contributed by atoms with van der Waals surface area (Å²) in [5.74, 6) is -0.620. The summed E-state index contributed by atoms with van der Waals surface area (Å²) in [5.41, 5.74) is -2.16. The summed E-state index contributed by atoms with van der Waals surface area (Å²) in [5, 5.41) is 40.2. The predicted molar refractivity (Wildman–Crippen MR) is 144 cm³/mol. The second-order valence-electron chi connectivity index (χ2n) is 12.2. The molecule has 4 N–H and O–H groups in total. The zero-order valence-electron chi connectivity index (χ0n) is 21.7. The molecule has 6 rings (SSSR count). The van der Waals surface area contributed by atoms with E-state index in [9.17, 15) is 15.3 Å². The number of fused-ring (bicyclic) bond motifs is 5. The lowest BCUT2D eigenvalue weighted by Gasteiger charge is -2.62. The number of aliphatic hydroxyl groups is 3. The van der Waals surface area contributed by atoms with Crippen LogP contribution in [-0.2, 0) is 12.1 Å². The minimum atomic E-state index is -1.85. The Bertz CT molecular complexity index is 1250. The number of nitrogens with zero attached hydrogens (tertiary/aromatic N) is 1. The molecule has 4 aliphatic carbocycles. The highest BCUT2D eigenvalue weighted by Gasteiger charge is 2.74. The smallest absolute Gasteiger partial charge is 0.183 e. The molecule has 1 unspecified atom stereocenters. The first-order valence-corrected chi connectivity index (χ1v) is 14.3. The van der Waals surface area contributed by atoms with Gasteiger partial charge in [-0.2, -0.15) is 0 Å². The Balaban J connectivity index is 1.33. The van der Waals surface area contributed by atoms with Crippen LogP contribution < -0.4 is 5.32 Å². The molecule has 1 aromatic carbocycles. The highest BCUT2D eigenvalue weighted by atomic mass is 32.1. The van der Waals surface area contributed by atoms with E-state index in [1.807, 2.05) is 44.4 Å². The first-order valence-electron chi connectivity index (χ1n) is 13.5. The molecule has 0 spiro atoms. The van der Waals surface area contributed by atoms with Crippen LogP contribution in [0.3, 0.4) is 0 Å². The molecule has 2 aromatic rings. The Kier molecular flexibility index (Phi) is 5.78. The third kappa shape index (κ3) is 3.33. The van der Waals surface area contributed by atoms with Crippen molar-refractivity contribution in [3.63, 3.8) is 0 Å². The first-order chi connectivity index (χ1) is 17.5. The fraction of sp³-hybridized carbons (Fsp3) is 0.567. The Morgan fingerprint density at radius 1 is 1.16 bits per heavy atom. The first kappa shape index (κ1) is 25.2. The number of halogens is 1. The summed E-state index contributed by atoms with van der Waals surface area (Å²) >= 11 is 1.47. The van der Waals surface area contributed by atoms with Gasteiger partial charge in [0.1, 0.15) is 5.60 Å². The van der Waals surface area contributed by atoms with Crippen molar-refractivity contribution in [2.75, 3.05) is 5.32 Å². The predicted octanol–water partition coefficient (Wildman–Crippen LogP) is 5.35. The summed E-state index contributed by atoms with van der Waals surface area (Å²) in [6, 6.07) is 10.1. The monoisotopic (exact) mass is 524 g/mol. The maximum Gasteiger partial charge on any atom is 0.183 e. The van der Waals surface area contributed by atoms with Gasteiger partial charge in [-0.25, -0.2) is 9.37 Å². The third-order valence-electron chi connectivity index (χ3n) is 10.5. The maximum atomic E-state index is 17.4. The van der Waals surface area contributed by atoms with Crippen LogP contribution in [0, 0.1) is 28.6 Å². The molecule has 9 atom stereocenters. The second kappa shape index (κ2) is 8.47. The van der Waals surface area contributed by atoms with Crippen molar-refractivity contribution >= 4 is 16.5 Å². The molecular formula is C30H37FN2O3S. The van der Waals surface area contributed by atoms with Gasteiger partial charge in [-0.05, 0) is 50.0 Å². The number of nitrogens with one attached hydrogen (secondary N) is 1. The number of thiazole rings is 1. The van der Waals surface area contributed by atoms with E-state index in [2.05, 4.69) is 17.4 Å². The Morgan fingerprint density at radius 2 is 1.92 bits per heavy atom. The van der Waals surface area contributed by atoms with Crippen LogP contribution in [0.1, 0.15) is 57.7 Å². The molecule has 1 heterocycles. The van der Waals surface area contributed by atoms with E-state index in [1.54, 1.807) is 18.2 Å². The SMILES string of the molecule is C[C@@H]1C[C@H]2[C@@H]3CCC4=CC(O)C=C[C@]4(C)[C@@]3(F)[C@@H](O)C[C@]2(C)[C@@]1(O)c1csc(NCc2ccccc2)n1. The number of aromatic nitrogens is 1. The topological polar surface area (TPSA) is 85.6 Å². The van der Waals surface area contributed by atoms with Gasteiger partial charge in [0.2, 0.25) is 0 Å². The Morgan fingerprint density at radius 3 is 2.68 bits per heavy atom. The minimum absolute atomic E-state index is 0.0954. The Hall–Kier alpha value is -2.06. The molecular weight excluding hydrogens is 487 g/mol. The average molecular weight is 525 g/mol. The normalized spacial score (nSPS) is 44.5. The number of hydrogen-bond donors (Lipinski definition) is 4. The number of anilines is 1. The van der Waals surface area contributed by atoms with E-state index < -0.39 is 40.2 Å². The zero-order chi connectivity index (χ0) is 26.2. The summed E-state index contributed by atoms with van der Waals surface area (Å²) in [6.45, 7) is 6.59. The third-order valence-corrected chi connectivity index (χ3v) is 11.3. The largest absolute Gasteiger partial charge is 0.390 e. The van der Waals surface area contributed by atoms with Crippen LogP contribution in [0.4, 0.5) is 9.52 Å². The molecule has 3 saturated carbocycles. The standard InChI is InChI=1S/C30H37FN2O3S/c1-18-13-23-22-10-9-20-14-21(34)11-12-27(20,2)29(22,31)25(35)15-28(23,3)30(18,36)24-17-37-26(33-24)32-16-19-7-5-4-6-8-19/h4-8,11-12,14,17-18,21-23,25,34-36H,9-10,13,15-16H2,1-3H3,(H,32,33)/t18-,21?,22+,23+,25+,27+,28+,29+,30+/m1/s1. The summed E-state index contributed by atoms with van der Waals surface area (Å²) in [4.78, 5) is 4.83.